The molecule has 1 nitrogen and oxygen atoms in total. The smallest absolute Gasteiger partial charge is 0.0635 e. The molecule has 1 aromatic heterocycles. The quantitative estimate of drug-likeness (QED) is 0.699. The number of aromatic nitrogens is 1. The Labute approximate surface area is 142 Å². The third kappa shape index (κ3) is 2.89. The zero-order valence-corrected chi connectivity index (χ0v) is 13.3. The van der Waals surface area contributed by atoms with Gasteiger partial charge in [0.15, 0.2) is 0 Å². The molecule has 24 heavy (non-hydrogen) atoms. The van der Waals surface area contributed by atoms with E-state index in [4.69, 9.17) is 0 Å². The van der Waals surface area contributed by atoms with Gasteiger partial charge < -0.3 is 4.98 Å². The Kier molecular flexibility index (Phi) is 3.99. The molecule has 0 spiro atoms. The van der Waals surface area contributed by atoms with Crippen molar-refractivity contribution in [1.29, 1.82) is 0 Å². The molecule has 3 aliphatic carbocycles. The lowest BCUT2D eigenvalue weighted by atomic mass is 9.73. The van der Waals surface area contributed by atoms with Crippen molar-refractivity contribution < 1.29 is 0 Å². The summed E-state index contributed by atoms with van der Waals surface area (Å²) in [5.74, 6) is 1.35. The Morgan fingerprint density at radius 2 is 1.54 bits per heavy atom. The van der Waals surface area contributed by atoms with E-state index in [1.54, 1.807) is 0 Å². The van der Waals surface area contributed by atoms with Gasteiger partial charge in [-0.3, -0.25) is 0 Å². The lowest BCUT2D eigenvalue weighted by molar-refractivity contribution is 1.16. The van der Waals surface area contributed by atoms with Crippen LogP contribution in [0.1, 0.15) is 5.56 Å². The first-order valence-corrected chi connectivity index (χ1v) is 8.13. The molecule has 0 amide bonds. The van der Waals surface area contributed by atoms with Gasteiger partial charge >= 0.3 is 0 Å². The van der Waals surface area contributed by atoms with Crippen LogP contribution in [0.4, 0.5) is 0 Å². The van der Waals surface area contributed by atoms with Gasteiger partial charge in [-0.15, -0.1) is 0 Å². The molecule has 1 N–H and O–H groups in total. The monoisotopic (exact) mass is 308 g/mol. The predicted octanol–water partition coefficient (Wildman–Crippen LogP) is 5.57. The molecule has 0 atom stereocenters. The molecule has 0 saturated carbocycles. The summed E-state index contributed by atoms with van der Waals surface area (Å²) in [6.45, 7) is 0. The Balaban J connectivity index is 1.48. The van der Waals surface area contributed by atoms with Crippen molar-refractivity contribution in [3.8, 4) is 0 Å². The van der Waals surface area contributed by atoms with Crippen molar-refractivity contribution in [3.63, 3.8) is 0 Å². The fraction of sp³-hybridized carbons (Fsp3) is 0. The number of H-pyrrole nitrogens is 1. The van der Waals surface area contributed by atoms with E-state index < -0.39 is 0 Å². The first kappa shape index (κ1) is 14.5. The Bertz CT molecular complexity index is 888. The maximum atomic E-state index is 3.04. The number of allylic oxidation sites excluding steroid dienone is 17. The number of hydrogen-bond acceptors (Lipinski definition) is 0. The van der Waals surface area contributed by atoms with Gasteiger partial charge in [-0.05, 0) is 33.9 Å². The Morgan fingerprint density at radius 1 is 0.750 bits per heavy atom. The zero-order valence-electron chi connectivity index (χ0n) is 13.3. The number of hydrogen-bond donors (Lipinski definition) is 1. The van der Waals surface area contributed by atoms with Crippen molar-refractivity contribution >= 4 is 6.08 Å². The summed E-state index contributed by atoms with van der Waals surface area (Å²) in [6.07, 6.45) is 33.7. The third-order valence-corrected chi connectivity index (χ3v) is 4.21. The average molecular weight is 308 g/mol. The van der Waals surface area contributed by atoms with Crippen LogP contribution in [-0.2, 0) is 0 Å². The maximum Gasteiger partial charge on any atom is 0.0635 e. The molecular formula is C23H18N. The van der Waals surface area contributed by atoms with Gasteiger partial charge in [0.2, 0.25) is 0 Å². The predicted molar refractivity (Wildman–Crippen MR) is 102 cm³/mol. The maximum absolute atomic E-state index is 3.04. The van der Waals surface area contributed by atoms with Crippen molar-refractivity contribution in [3.05, 3.63) is 131 Å². The van der Waals surface area contributed by atoms with Crippen molar-refractivity contribution in [1.82, 2.24) is 4.98 Å². The van der Waals surface area contributed by atoms with Gasteiger partial charge in [0.1, 0.15) is 0 Å². The first-order chi connectivity index (χ1) is 11.9. The van der Waals surface area contributed by atoms with Crippen LogP contribution in [0.25, 0.3) is 6.08 Å². The van der Waals surface area contributed by atoms with Crippen LogP contribution in [0.2, 0.25) is 0 Å². The highest BCUT2D eigenvalue weighted by Crippen LogP contribution is 2.43. The summed E-state index contributed by atoms with van der Waals surface area (Å²) >= 11 is 0. The number of rotatable bonds is 4. The molecule has 0 bridgehead atoms. The standard InChI is InChI=1S/C23H18N/c1(3-7-18-15-16-24-17-18)2-4-8-19-13-14-21-10-5-9-20-11-6-12-22(19)23(20)21/h1-17,24H/b2-1+,7-3+,8-4+. The van der Waals surface area contributed by atoms with Crippen molar-refractivity contribution in [2.24, 2.45) is 0 Å². The van der Waals surface area contributed by atoms with Gasteiger partial charge in [0, 0.05) is 12.4 Å². The van der Waals surface area contributed by atoms with Crippen LogP contribution in [0.5, 0.6) is 0 Å². The van der Waals surface area contributed by atoms with Gasteiger partial charge in [0.05, 0.1) is 5.92 Å². The second-order valence-electron chi connectivity index (χ2n) is 5.79. The van der Waals surface area contributed by atoms with E-state index in [2.05, 4.69) is 77.9 Å². The lowest BCUT2D eigenvalue weighted by Gasteiger charge is -2.30. The summed E-state index contributed by atoms with van der Waals surface area (Å²) in [7, 11) is 0. The van der Waals surface area contributed by atoms with Gasteiger partial charge in [-0.25, -0.2) is 0 Å². The van der Waals surface area contributed by atoms with E-state index >= 15 is 0 Å². The van der Waals surface area contributed by atoms with Crippen LogP contribution in [0.15, 0.2) is 120 Å². The number of nitrogens with one attached hydrogen (secondary N) is 1. The molecule has 3 aliphatic rings. The third-order valence-electron chi connectivity index (χ3n) is 4.21. The first-order valence-electron chi connectivity index (χ1n) is 8.13. The van der Waals surface area contributed by atoms with Gasteiger partial charge in [0.25, 0.3) is 0 Å². The van der Waals surface area contributed by atoms with Crippen LogP contribution in [0.3, 0.4) is 0 Å². The second-order valence-corrected chi connectivity index (χ2v) is 5.79. The van der Waals surface area contributed by atoms with Crippen molar-refractivity contribution in [2.45, 2.75) is 0 Å². The topological polar surface area (TPSA) is 15.8 Å². The molecule has 0 unspecified atom stereocenters. The fourth-order valence-corrected chi connectivity index (χ4v) is 3.06. The Hall–Kier alpha value is -3.06. The molecule has 0 aromatic carbocycles. The van der Waals surface area contributed by atoms with Crippen LogP contribution >= 0.6 is 0 Å². The molecule has 4 rings (SSSR count). The molecule has 115 valence electrons. The largest absolute Gasteiger partial charge is 0.367 e. The SMILES string of the molecule is C1=CC2=CC=CC3=CC=C(/C=C/C=C/C=C/c4cc[nH]c4)C(=C1)[C]23. The summed E-state index contributed by atoms with van der Waals surface area (Å²) in [6, 6.07) is 2.04. The molecule has 1 heterocycles. The minimum absolute atomic E-state index is 1.18. The molecule has 1 radical (unpaired) electrons. The van der Waals surface area contributed by atoms with Crippen molar-refractivity contribution in [2.75, 3.05) is 0 Å². The Morgan fingerprint density at radius 3 is 2.38 bits per heavy atom. The minimum Gasteiger partial charge on any atom is -0.367 e. The zero-order chi connectivity index (χ0) is 16.2. The van der Waals surface area contributed by atoms with Crippen LogP contribution < -0.4 is 0 Å². The highest BCUT2D eigenvalue weighted by Gasteiger charge is 2.28. The summed E-state index contributed by atoms with van der Waals surface area (Å²) in [5, 5.41) is 0. The second kappa shape index (κ2) is 6.59. The average Bonchev–Trinajstić information content (AvgIpc) is 3.13. The van der Waals surface area contributed by atoms with E-state index in [0.29, 0.717) is 0 Å². The van der Waals surface area contributed by atoms with E-state index in [-0.39, 0.29) is 0 Å². The summed E-state index contributed by atoms with van der Waals surface area (Å²) < 4.78 is 0. The molecule has 0 saturated heterocycles. The molecule has 0 fully saturated rings. The molecule has 1 aromatic rings. The summed E-state index contributed by atoms with van der Waals surface area (Å²) in [5.41, 5.74) is 6.32. The summed E-state index contributed by atoms with van der Waals surface area (Å²) in [4.78, 5) is 3.04. The lowest BCUT2D eigenvalue weighted by Crippen LogP contribution is -2.14. The van der Waals surface area contributed by atoms with Gasteiger partial charge in [-0.1, -0.05) is 85.1 Å². The van der Waals surface area contributed by atoms with E-state index in [1.165, 1.54) is 33.8 Å². The van der Waals surface area contributed by atoms with Crippen LogP contribution in [-0.4, -0.2) is 4.98 Å². The highest BCUT2D eigenvalue weighted by molar-refractivity contribution is 5.75. The molecular weight excluding hydrogens is 290 g/mol. The fourth-order valence-electron chi connectivity index (χ4n) is 3.06. The van der Waals surface area contributed by atoms with Crippen LogP contribution in [0, 0.1) is 5.92 Å². The number of aromatic amines is 1. The van der Waals surface area contributed by atoms with Gasteiger partial charge in [-0.2, -0.15) is 0 Å². The molecule has 1 heteroatoms. The van der Waals surface area contributed by atoms with E-state index in [1.807, 2.05) is 30.6 Å². The highest BCUT2D eigenvalue weighted by atomic mass is 14.6. The minimum atomic E-state index is 1.18. The van der Waals surface area contributed by atoms with E-state index in [9.17, 15) is 0 Å². The molecule has 0 aliphatic heterocycles. The van der Waals surface area contributed by atoms with E-state index in [0.717, 1.165) is 0 Å². The normalized spacial score (nSPS) is 19.7.